The first-order valence-electron chi connectivity index (χ1n) is 7.28. The summed E-state index contributed by atoms with van der Waals surface area (Å²) in [5, 5.41) is 3.23. The first-order valence-corrected chi connectivity index (χ1v) is 7.28. The molecule has 98 valence electrons. The van der Waals surface area contributed by atoms with Crippen molar-refractivity contribution in [2.24, 2.45) is 11.7 Å². The zero-order valence-corrected chi connectivity index (χ0v) is 10.8. The predicted molar refractivity (Wildman–Crippen MR) is 69.6 cm³/mol. The van der Waals surface area contributed by atoms with Crippen LogP contribution in [0.4, 0.5) is 0 Å². The highest BCUT2D eigenvalue weighted by Gasteiger charge is 2.38. The lowest BCUT2D eigenvalue weighted by Crippen LogP contribution is -2.59. The molecule has 2 fully saturated rings. The monoisotopic (exact) mass is 238 g/mol. The van der Waals surface area contributed by atoms with Crippen molar-refractivity contribution in [1.29, 1.82) is 0 Å². The van der Waals surface area contributed by atoms with E-state index in [0.29, 0.717) is 6.54 Å². The van der Waals surface area contributed by atoms with Gasteiger partial charge in [0.15, 0.2) is 0 Å². The third kappa shape index (κ3) is 3.21. The fourth-order valence-corrected chi connectivity index (χ4v) is 3.07. The Morgan fingerprint density at radius 3 is 2.12 bits per heavy atom. The molecular formula is C14H26N2O. The predicted octanol–water partition coefficient (Wildman–Crippen LogP) is 2.34. The summed E-state index contributed by atoms with van der Waals surface area (Å²) in [4.78, 5) is 12.3. The lowest BCUT2D eigenvalue weighted by atomic mass is 9.76. The SMILES string of the molecule is NCC1(NC(=O)C2CCCCCCC2)CCC1. The van der Waals surface area contributed by atoms with Crippen LogP contribution in [0.15, 0.2) is 0 Å². The molecule has 17 heavy (non-hydrogen) atoms. The molecule has 2 saturated carbocycles. The van der Waals surface area contributed by atoms with Gasteiger partial charge in [0.1, 0.15) is 0 Å². The van der Waals surface area contributed by atoms with E-state index in [4.69, 9.17) is 5.73 Å². The molecule has 2 aliphatic rings. The van der Waals surface area contributed by atoms with Gasteiger partial charge in [-0.05, 0) is 32.1 Å². The van der Waals surface area contributed by atoms with Gasteiger partial charge in [-0.15, -0.1) is 0 Å². The standard InChI is InChI=1S/C14H26N2O/c15-11-14(9-6-10-14)16-13(17)12-7-4-2-1-3-5-8-12/h12H,1-11,15H2,(H,16,17). The van der Waals surface area contributed by atoms with Crippen LogP contribution in [0.5, 0.6) is 0 Å². The van der Waals surface area contributed by atoms with E-state index in [0.717, 1.165) is 25.7 Å². The zero-order valence-electron chi connectivity index (χ0n) is 10.8. The maximum atomic E-state index is 12.3. The van der Waals surface area contributed by atoms with Gasteiger partial charge in [-0.1, -0.05) is 32.1 Å². The van der Waals surface area contributed by atoms with Gasteiger partial charge in [0, 0.05) is 12.5 Å². The topological polar surface area (TPSA) is 55.1 Å². The number of hydrogen-bond donors (Lipinski definition) is 2. The zero-order chi connectivity index (χ0) is 12.1. The van der Waals surface area contributed by atoms with E-state index in [2.05, 4.69) is 5.32 Å². The molecule has 0 aromatic heterocycles. The lowest BCUT2D eigenvalue weighted by molar-refractivity contribution is -0.128. The van der Waals surface area contributed by atoms with Crippen LogP contribution < -0.4 is 11.1 Å². The lowest BCUT2D eigenvalue weighted by Gasteiger charge is -2.42. The van der Waals surface area contributed by atoms with Crippen molar-refractivity contribution in [1.82, 2.24) is 5.32 Å². The molecule has 0 heterocycles. The molecule has 3 nitrogen and oxygen atoms in total. The molecule has 0 aliphatic heterocycles. The number of carbonyl (C=O) groups excluding carboxylic acids is 1. The minimum atomic E-state index is -0.0422. The van der Waals surface area contributed by atoms with Crippen LogP contribution in [0.3, 0.4) is 0 Å². The largest absolute Gasteiger partial charge is 0.349 e. The van der Waals surface area contributed by atoms with Gasteiger partial charge in [-0.25, -0.2) is 0 Å². The van der Waals surface area contributed by atoms with E-state index in [1.807, 2.05) is 0 Å². The normalized spacial score (nSPS) is 25.5. The molecule has 0 atom stereocenters. The van der Waals surface area contributed by atoms with Crippen molar-refractivity contribution in [3.05, 3.63) is 0 Å². The van der Waals surface area contributed by atoms with Crippen LogP contribution in [0.25, 0.3) is 0 Å². The summed E-state index contributed by atoms with van der Waals surface area (Å²) >= 11 is 0. The van der Waals surface area contributed by atoms with E-state index in [9.17, 15) is 4.79 Å². The molecule has 3 N–H and O–H groups in total. The molecule has 0 spiro atoms. The third-order valence-electron chi connectivity index (χ3n) is 4.57. The molecule has 0 saturated heterocycles. The molecule has 0 unspecified atom stereocenters. The summed E-state index contributed by atoms with van der Waals surface area (Å²) < 4.78 is 0. The second kappa shape index (κ2) is 5.85. The minimum absolute atomic E-state index is 0.0422. The highest BCUT2D eigenvalue weighted by molar-refractivity contribution is 5.79. The van der Waals surface area contributed by atoms with Crippen LogP contribution in [0.1, 0.15) is 64.2 Å². The van der Waals surface area contributed by atoms with E-state index >= 15 is 0 Å². The third-order valence-corrected chi connectivity index (χ3v) is 4.57. The summed E-state index contributed by atoms with van der Waals surface area (Å²) in [6, 6.07) is 0. The molecule has 2 rings (SSSR count). The average molecular weight is 238 g/mol. The number of rotatable bonds is 3. The van der Waals surface area contributed by atoms with Gasteiger partial charge in [0.05, 0.1) is 5.54 Å². The van der Waals surface area contributed by atoms with Crippen molar-refractivity contribution < 1.29 is 4.79 Å². The van der Waals surface area contributed by atoms with E-state index in [1.54, 1.807) is 0 Å². The molecule has 1 amide bonds. The molecule has 2 aliphatic carbocycles. The summed E-state index contributed by atoms with van der Waals surface area (Å²) in [5.74, 6) is 0.524. The summed E-state index contributed by atoms with van der Waals surface area (Å²) in [5.41, 5.74) is 5.75. The number of carbonyl (C=O) groups is 1. The summed E-state index contributed by atoms with van der Waals surface area (Å²) in [6.07, 6.45) is 11.9. The van der Waals surface area contributed by atoms with Crippen molar-refractivity contribution in [3.8, 4) is 0 Å². The Bertz CT molecular complexity index is 247. The Morgan fingerprint density at radius 1 is 1.06 bits per heavy atom. The van der Waals surface area contributed by atoms with E-state index < -0.39 is 0 Å². The van der Waals surface area contributed by atoms with Gasteiger partial charge in [0.2, 0.25) is 5.91 Å². The van der Waals surface area contributed by atoms with Gasteiger partial charge in [-0.2, -0.15) is 0 Å². The van der Waals surface area contributed by atoms with Crippen molar-refractivity contribution in [2.75, 3.05) is 6.54 Å². The number of amides is 1. The fraction of sp³-hybridized carbons (Fsp3) is 0.929. The molecule has 0 aromatic rings. The number of hydrogen-bond acceptors (Lipinski definition) is 2. The van der Waals surface area contributed by atoms with Crippen molar-refractivity contribution >= 4 is 5.91 Å². The van der Waals surface area contributed by atoms with Gasteiger partial charge in [0.25, 0.3) is 0 Å². The van der Waals surface area contributed by atoms with Crippen LogP contribution in [-0.4, -0.2) is 18.0 Å². The van der Waals surface area contributed by atoms with E-state index in [-0.39, 0.29) is 17.4 Å². The first-order chi connectivity index (χ1) is 8.26. The number of nitrogens with two attached hydrogens (primary N) is 1. The van der Waals surface area contributed by atoms with Crippen LogP contribution >= 0.6 is 0 Å². The Kier molecular flexibility index (Phi) is 4.43. The Balaban J connectivity index is 1.84. The smallest absolute Gasteiger partial charge is 0.223 e. The summed E-state index contributed by atoms with van der Waals surface area (Å²) in [7, 11) is 0. The average Bonchev–Trinajstić information content (AvgIpc) is 2.22. The second-order valence-corrected chi connectivity index (χ2v) is 5.87. The minimum Gasteiger partial charge on any atom is -0.349 e. The molecular weight excluding hydrogens is 212 g/mol. The maximum absolute atomic E-state index is 12.3. The fourth-order valence-electron chi connectivity index (χ4n) is 3.07. The van der Waals surface area contributed by atoms with E-state index in [1.165, 1.54) is 38.5 Å². The van der Waals surface area contributed by atoms with Gasteiger partial charge >= 0.3 is 0 Å². The number of nitrogens with one attached hydrogen (secondary N) is 1. The van der Waals surface area contributed by atoms with Gasteiger partial charge < -0.3 is 11.1 Å². The molecule has 3 heteroatoms. The molecule has 0 aromatic carbocycles. The highest BCUT2D eigenvalue weighted by Crippen LogP contribution is 2.32. The molecule has 0 radical (unpaired) electrons. The van der Waals surface area contributed by atoms with Crippen molar-refractivity contribution in [2.45, 2.75) is 69.7 Å². The Hall–Kier alpha value is -0.570. The maximum Gasteiger partial charge on any atom is 0.223 e. The molecule has 0 bridgehead atoms. The van der Waals surface area contributed by atoms with Crippen LogP contribution in [-0.2, 0) is 4.79 Å². The second-order valence-electron chi connectivity index (χ2n) is 5.87. The quantitative estimate of drug-likeness (QED) is 0.793. The van der Waals surface area contributed by atoms with Crippen LogP contribution in [0, 0.1) is 5.92 Å². The van der Waals surface area contributed by atoms with Crippen molar-refractivity contribution in [3.63, 3.8) is 0 Å². The van der Waals surface area contributed by atoms with Crippen LogP contribution in [0.2, 0.25) is 0 Å². The Labute approximate surface area is 105 Å². The van der Waals surface area contributed by atoms with Gasteiger partial charge in [-0.3, -0.25) is 4.79 Å². The first kappa shape index (κ1) is 12.9. The Morgan fingerprint density at radius 2 is 1.65 bits per heavy atom. The highest BCUT2D eigenvalue weighted by atomic mass is 16.2. The summed E-state index contributed by atoms with van der Waals surface area (Å²) in [6.45, 7) is 0.603.